The highest BCUT2D eigenvalue weighted by atomic mass is 19.1. The molecule has 4 nitrogen and oxygen atoms in total. The van der Waals surface area contributed by atoms with Gasteiger partial charge in [0.25, 0.3) is 5.91 Å². The van der Waals surface area contributed by atoms with Crippen molar-refractivity contribution < 1.29 is 9.18 Å². The Morgan fingerprint density at radius 2 is 1.73 bits per heavy atom. The summed E-state index contributed by atoms with van der Waals surface area (Å²) >= 11 is 0. The van der Waals surface area contributed by atoms with E-state index in [1.54, 1.807) is 25.1 Å². The maximum absolute atomic E-state index is 14.0. The fraction of sp³-hybridized carbons (Fsp3) is 0.238. The zero-order chi connectivity index (χ0) is 18.7. The van der Waals surface area contributed by atoms with E-state index < -0.39 is 0 Å². The molecule has 0 aliphatic carbocycles. The van der Waals surface area contributed by atoms with Crippen LogP contribution in [0.5, 0.6) is 0 Å². The molecule has 134 valence electrons. The van der Waals surface area contributed by atoms with Gasteiger partial charge in [-0.2, -0.15) is 5.10 Å². The lowest BCUT2D eigenvalue weighted by Crippen LogP contribution is -2.32. The molecule has 1 N–H and O–H groups in total. The lowest BCUT2D eigenvalue weighted by molar-refractivity contribution is 0.0925. The fourth-order valence-corrected chi connectivity index (χ4v) is 3.01. The Morgan fingerprint density at radius 1 is 1.08 bits per heavy atom. The Kier molecular flexibility index (Phi) is 5.16. The van der Waals surface area contributed by atoms with Gasteiger partial charge in [0.05, 0.1) is 23.5 Å². The van der Waals surface area contributed by atoms with Gasteiger partial charge in [-0.1, -0.05) is 56.3 Å². The predicted octanol–water partition coefficient (Wildman–Crippen LogP) is 4.45. The van der Waals surface area contributed by atoms with Crippen LogP contribution in [0.1, 0.15) is 41.5 Å². The summed E-state index contributed by atoms with van der Waals surface area (Å²) in [5, 5.41) is 7.29. The van der Waals surface area contributed by atoms with Crippen LogP contribution in [-0.2, 0) is 0 Å². The van der Waals surface area contributed by atoms with Gasteiger partial charge in [0.2, 0.25) is 0 Å². The van der Waals surface area contributed by atoms with Crippen LogP contribution >= 0.6 is 0 Å². The molecule has 0 saturated carbocycles. The first kappa shape index (κ1) is 17.9. The van der Waals surface area contributed by atoms with Gasteiger partial charge < -0.3 is 5.32 Å². The fourth-order valence-electron chi connectivity index (χ4n) is 3.01. The smallest absolute Gasteiger partial charge is 0.255 e. The minimum absolute atomic E-state index is 0.111. The summed E-state index contributed by atoms with van der Waals surface area (Å²) in [5.74, 6) is -0.370. The van der Waals surface area contributed by atoms with E-state index >= 15 is 0 Å². The number of halogens is 1. The van der Waals surface area contributed by atoms with E-state index in [0.717, 1.165) is 5.56 Å². The molecule has 5 heteroatoms. The molecule has 3 aromatic rings. The second-order valence-electron chi connectivity index (χ2n) is 6.61. The first-order valence-electron chi connectivity index (χ1n) is 8.64. The molecule has 0 aliphatic heterocycles. The van der Waals surface area contributed by atoms with Crippen molar-refractivity contribution >= 4 is 5.91 Å². The number of amides is 1. The van der Waals surface area contributed by atoms with Crippen molar-refractivity contribution in [3.63, 3.8) is 0 Å². The Bertz CT molecular complexity index is 903. The third-order valence-corrected chi connectivity index (χ3v) is 4.45. The summed E-state index contributed by atoms with van der Waals surface area (Å²) in [5.41, 5.74) is 2.42. The van der Waals surface area contributed by atoms with Crippen LogP contribution in [0.25, 0.3) is 5.69 Å². The number of para-hydroxylation sites is 1. The maximum atomic E-state index is 14.0. The van der Waals surface area contributed by atoms with E-state index in [2.05, 4.69) is 24.3 Å². The molecule has 1 heterocycles. The molecule has 3 rings (SSSR count). The highest BCUT2D eigenvalue weighted by molar-refractivity contribution is 5.95. The van der Waals surface area contributed by atoms with Gasteiger partial charge in [-0.15, -0.1) is 0 Å². The Morgan fingerprint density at radius 3 is 2.38 bits per heavy atom. The second-order valence-corrected chi connectivity index (χ2v) is 6.61. The van der Waals surface area contributed by atoms with Crippen LogP contribution in [0.2, 0.25) is 0 Å². The number of nitrogens with one attached hydrogen (secondary N) is 1. The monoisotopic (exact) mass is 351 g/mol. The van der Waals surface area contributed by atoms with Gasteiger partial charge in [-0.25, -0.2) is 9.07 Å². The Balaban J connectivity index is 1.88. The number of hydrogen-bond donors (Lipinski definition) is 1. The normalized spacial score (nSPS) is 12.2. The largest absolute Gasteiger partial charge is 0.345 e. The van der Waals surface area contributed by atoms with Gasteiger partial charge in [0.15, 0.2) is 0 Å². The average Bonchev–Trinajstić information content (AvgIpc) is 3.02. The first-order chi connectivity index (χ1) is 12.5. The van der Waals surface area contributed by atoms with E-state index in [1.807, 2.05) is 30.3 Å². The second kappa shape index (κ2) is 7.52. The summed E-state index contributed by atoms with van der Waals surface area (Å²) in [7, 11) is 0. The number of hydrogen-bond acceptors (Lipinski definition) is 2. The van der Waals surface area contributed by atoms with Gasteiger partial charge in [-0.3, -0.25) is 4.79 Å². The lowest BCUT2D eigenvalue weighted by Gasteiger charge is -2.23. The first-order valence-corrected chi connectivity index (χ1v) is 8.64. The third kappa shape index (κ3) is 3.52. The molecule has 0 radical (unpaired) electrons. The van der Waals surface area contributed by atoms with Crippen molar-refractivity contribution in [3.8, 4) is 5.69 Å². The number of carbonyl (C=O) groups is 1. The molecule has 0 bridgehead atoms. The summed E-state index contributed by atoms with van der Waals surface area (Å²) in [6, 6.07) is 16.1. The molecule has 0 spiro atoms. The van der Waals surface area contributed by atoms with Crippen LogP contribution in [0, 0.1) is 18.7 Å². The van der Waals surface area contributed by atoms with Crippen molar-refractivity contribution in [3.05, 3.63) is 83.4 Å². The molecule has 2 aromatic carbocycles. The van der Waals surface area contributed by atoms with Gasteiger partial charge in [0.1, 0.15) is 11.5 Å². The summed E-state index contributed by atoms with van der Waals surface area (Å²) < 4.78 is 15.5. The molecule has 1 unspecified atom stereocenters. The molecule has 1 atom stereocenters. The maximum Gasteiger partial charge on any atom is 0.255 e. The molecule has 0 aliphatic rings. The van der Waals surface area contributed by atoms with Crippen molar-refractivity contribution in [2.75, 3.05) is 0 Å². The molecular formula is C21H22FN3O. The Hall–Kier alpha value is -2.95. The standard InChI is InChI=1S/C21H22FN3O/c1-14(2)20(16-9-5-4-6-10-16)24-21(26)17-13-23-25(15(17)3)19-12-8-7-11-18(19)22/h4-14,20H,1-3H3,(H,24,26). The minimum atomic E-state index is -0.380. The van der Waals surface area contributed by atoms with Gasteiger partial charge in [0, 0.05) is 0 Å². The van der Waals surface area contributed by atoms with Crippen molar-refractivity contribution in [2.24, 2.45) is 5.92 Å². The van der Waals surface area contributed by atoms with E-state index in [0.29, 0.717) is 16.9 Å². The zero-order valence-corrected chi connectivity index (χ0v) is 15.1. The number of carbonyl (C=O) groups excluding carboxylic acids is 1. The number of aromatic nitrogens is 2. The highest BCUT2D eigenvalue weighted by Gasteiger charge is 2.22. The summed E-state index contributed by atoms with van der Waals surface area (Å²) in [4.78, 5) is 12.8. The molecule has 1 aromatic heterocycles. The number of benzene rings is 2. The Labute approximate surface area is 152 Å². The molecular weight excluding hydrogens is 329 g/mol. The van der Waals surface area contributed by atoms with E-state index in [9.17, 15) is 9.18 Å². The molecule has 26 heavy (non-hydrogen) atoms. The summed E-state index contributed by atoms with van der Waals surface area (Å²) in [6.07, 6.45) is 1.49. The zero-order valence-electron chi connectivity index (χ0n) is 15.1. The molecule has 0 fully saturated rings. The number of nitrogens with zero attached hydrogens (tertiary/aromatic N) is 2. The van der Waals surface area contributed by atoms with Crippen molar-refractivity contribution in [2.45, 2.75) is 26.8 Å². The third-order valence-electron chi connectivity index (χ3n) is 4.45. The highest BCUT2D eigenvalue weighted by Crippen LogP contribution is 2.23. The number of rotatable bonds is 5. The van der Waals surface area contributed by atoms with Gasteiger partial charge >= 0.3 is 0 Å². The summed E-state index contributed by atoms with van der Waals surface area (Å²) in [6.45, 7) is 5.89. The molecule has 0 saturated heterocycles. The molecule has 1 amide bonds. The van der Waals surface area contributed by atoms with Crippen LogP contribution in [0.15, 0.2) is 60.8 Å². The topological polar surface area (TPSA) is 46.9 Å². The van der Waals surface area contributed by atoms with E-state index in [4.69, 9.17) is 0 Å². The van der Waals surface area contributed by atoms with Crippen LogP contribution in [-0.4, -0.2) is 15.7 Å². The van der Waals surface area contributed by atoms with Crippen LogP contribution < -0.4 is 5.32 Å². The predicted molar refractivity (Wildman–Crippen MR) is 99.7 cm³/mol. The lowest BCUT2D eigenvalue weighted by atomic mass is 9.96. The van der Waals surface area contributed by atoms with E-state index in [1.165, 1.54) is 16.9 Å². The van der Waals surface area contributed by atoms with Crippen LogP contribution in [0.3, 0.4) is 0 Å². The SMILES string of the molecule is Cc1c(C(=O)NC(c2ccccc2)C(C)C)cnn1-c1ccccc1F. The van der Waals surface area contributed by atoms with Crippen LogP contribution in [0.4, 0.5) is 4.39 Å². The average molecular weight is 351 g/mol. The van der Waals surface area contributed by atoms with Crippen molar-refractivity contribution in [1.29, 1.82) is 0 Å². The van der Waals surface area contributed by atoms with Gasteiger partial charge in [-0.05, 0) is 30.5 Å². The van der Waals surface area contributed by atoms with E-state index in [-0.39, 0.29) is 23.7 Å². The quantitative estimate of drug-likeness (QED) is 0.738. The van der Waals surface area contributed by atoms with Crippen molar-refractivity contribution in [1.82, 2.24) is 15.1 Å². The minimum Gasteiger partial charge on any atom is -0.345 e.